The highest BCUT2D eigenvalue weighted by Crippen LogP contribution is 2.60. The minimum Gasteiger partial charge on any atom is -0.456 e. The van der Waals surface area contributed by atoms with E-state index < -0.39 is 0 Å². The summed E-state index contributed by atoms with van der Waals surface area (Å²) in [7, 11) is 0. The van der Waals surface area contributed by atoms with Crippen molar-refractivity contribution in [1.82, 2.24) is 4.57 Å². The first-order valence-corrected chi connectivity index (χ1v) is 21.9. The van der Waals surface area contributed by atoms with Gasteiger partial charge in [0.25, 0.3) is 0 Å². The summed E-state index contributed by atoms with van der Waals surface area (Å²) in [5.41, 5.74) is 19.3. The summed E-state index contributed by atoms with van der Waals surface area (Å²) < 4.78 is 11.6. The predicted octanol–water partition coefficient (Wildman–Crippen LogP) is 16.5. The molecule has 1 aliphatic carbocycles. The maximum atomic E-state index is 6.48. The number of hydrogen-bond donors (Lipinski definition) is 0. The topological polar surface area (TPSA) is 21.3 Å². The lowest BCUT2D eigenvalue weighted by molar-refractivity contribution is 0.662. The Kier molecular flexibility index (Phi) is 6.51. The molecule has 9 aromatic carbocycles. The molecule has 0 radical (unpaired) electrons. The summed E-state index contributed by atoms with van der Waals surface area (Å²) in [5.74, 6) is 0. The Morgan fingerprint density at radius 2 is 1.21 bits per heavy atom. The Labute approximate surface area is 356 Å². The summed E-state index contributed by atoms with van der Waals surface area (Å²) in [6, 6.07) is 67.1. The fraction of sp³-hybridized carbons (Fsp3) is 0.0526. The zero-order chi connectivity index (χ0) is 40.1. The van der Waals surface area contributed by atoms with E-state index in [-0.39, 0.29) is 5.41 Å². The van der Waals surface area contributed by atoms with Crippen molar-refractivity contribution in [2.45, 2.75) is 19.3 Å². The van der Waals surface area contributed by atoms with Gasteiger partial charge in [0.2, 0.25) is 0 Å². The number of nitrogens with zero attached hydrogens (tertiary/aromatic N) is 2. The SMILES string of the molecule is CC1(C)c2ccc3c4ccccc4n4c3c2-c2c(ccc(-c3ccc(N(c5cccc6c5sc5ccccc56)c5cccc6oc7ccccc7c56)cc3)c21)-c1ccccc1-4. The number of hydrogen-bond acceptors (Lipinski definition) is 3. The van der Waals surface area contributed by atoms with E-state index in [4.69, 9.17) is 4.42 Å². The van der Waals surface area contributed by atoms with Gasteiger partial charge in [-0.3, -0.25) is 0 Å². The van der Waals surface area contributed by atoms with Crippen molar-refractivity contribution in [3.05, 3.63) is 193 Å². The van der Waals surface area contributed by atoms with Crippen molar-refractivity contribution in [2.24, 2.45) is 0 Å². The first-order chi connectivity index (χ1) is 30.0. The van der Waals surface area contributed by atoms with E-state index in [0.29, 0.717) is 0 Å². The number of fused-ring (bicyclic) bond motifs is 12. The van der Waals surface area contributed by atoms with Crippen molar-refractivity contribution in [2.75, 3.05) is 4.90 Å². The predicted molar refractivity (Wildman–Crippen MR) is 258 cm³/mol. The van der Waals surface area contributed by atoms with Gasteiger partial charge in [-0.05, 0) is 88.0 Å². The molecule has 12 aromatic rings. The molecule has 2 aliphatic rings. The van der Waals surface area contributed by atoms with Crippen LogP contribution in [0.5, 0.6) is 0 Å². The zero-order valence-corrected chi connectivity index (χ0v) is 34.3. The van der Waals surface area contributed by atoms with E-state index in [1.54, 1.807) is 0 Å². The molecule has 0 amide bonds. The third kappa shape index (κ3) is 4.32. The van der Waals surface area contributed by atoms with Gasteiger partial charge in [-0.1, -0.05) is 141 Å². The first kappa shape index (κ1) is 33.4. The Balaban J connectivity index is 1.01. The molecule has 4 heteroatoms. The van der Waals surface area contributed by atoms with Crippen molar-refractivity contribution >= 4 is 92.3 Å². The quantitative estimate of drug-likeness (QED) is 0.177. The summed E-state index contributed by atoms with van der Waals surface area (Å²) in [6.45, 7) is 4.85. The molecule has 4 heterocycles. The fourth-order valence-corrected chi connectivity index (χ4v) is 12.3. The number of para-hydroxylation sites is 3. The Bertz CT molecular complexity index is 3860. The summed E-state index contributed by atoms with van der Waals surface area (Å²) in [6.07, 6.45) is 0. The smallest absolute Gasteiger partial charge is 0.137 e. The second-order valence-corrected chi connectivity index (χ2v) is 18.2. The van der Waals surface area contributed by atoms with Crippen LogP contribution in [-0.4, -0.2) is 4.57 Å². The number of benzene rings is 9. The van der Waals surface area contributed by atoms with E-state index in [2.05, 4.69) is 199 Å². The lowest BCUT2D eigenvalue weighted by Crippen LogP contribution is -2.16. The minimum atomic E-state index is -0.225. The van der Waals surface area contributed by atoms with Gasteiger partial charge in [0, 0.05) is 53.9 Å². The average molecular weight is 797 g/mol. The van der Waals surface area contributed by atoms with Crippen molar-refractivity contribution < 1.29 is 4.42 Å². The third-order valence-electron chi connectivity index (χ3n) is 13.7. The van der Waals surface area contributed by atoms with Crippen molar-refractivity contribution in [3.63, 3.8) is 0 Å². The maximum absolute atomic E-state index is 6.48. The number of thiophene rings is 1. The molecule has 0 unspecified atom stereocenters. The van der Waals surface area contributed by atoms with Crippen LogP contribution in [0.2, 0.25) is 0 Å². The van der Waals surface area contributed by atoms with E-state index in [1.807, 2.05) is 17.4 Å². The molecule has 286 valence electrons. The van der Waals surface area contributed by atoms with Crippen molar-refractivity contribution in [1.29, 1.82) is 0 Å². The van der Waals surface area contributed by atoms with Crippen LogP contribution in [0.4, 0.5) is 17.1 Å². The molecule has 0 saturated heterocycles. The normalized spacial score (nSPS) is 13.5. The number of furan rings is 1. The van der Waals surface area contributed by atoms with Crippen LogP contribution in [0.15, 0.2) is 186 Å². The highest BCUT2D eigenvalue weighted by atomic mass is 32.1. The lowest BCUT2D eigenvalue weighted by atomic mass is 9.77. The second-order valence-electron chi connectivity index (χ2n) is 17.2. The van der Waals surface area contributed by atoms with Crippen LogP contribution in [0, 0.1) is 0 Å². The van der Waals surface area contributed by atoms with Gasteiger partial charge in [0.1, 0.15) is 11.2 Å². The van der Waals surface area contributed by atoms with Gasteiger partial charge in [-0.15, -0.1) is 11.3 Å². The number of rotatable bonds is 4. The van der Waals surface area contributed by atoms with Crippen molar-refractivity contribution in [3.8, 4) is 39.1 Å². The average Bonchev–Trinajstić information content (AvgIpc) is 4.02. The highest BCUT2D eigenvalue weighted by molar-refractivity contribution is 7.26. The molecule has 3 nitrogen and oxygen atoms in total. The first-order valence-electron chi connectivity index (χ1n) is 21.1. The van der Waals surface area contributed by atoms with Gasteiger partial charge in [0.15, 0.2) is 0 Å². The third-order valence-corrected chi connectivity index (χ3v) is 14.9. The van der Waals surface area contributed by atoms with E-state index >= 15 is 0 Å². The van der Waals surface area contributed by atoms with Crippen LogP contribution in [0.3, 0.4) is 0 Å². The van der Waals surface area contributed by atoms with Crippen LogP contribution >= 0.6 is 11.3 Å². The Morgan fingerprint density at radius 1 is 0.508 bits per heavy atom. The molecule has 61 heavy (non-hydrogen) atoms. The monoisotopic (exact) mass is 796 g/mol. The standard InChI is InChI=1S/C57H36N2OS/c1-57(2)43-32-31-40-37-14-4-8-19-45(37)59-44-18-7-3-13-36(44)39-30-29-35(54(57)52(39)53(43)55(40)59)33-25-27-34(28-26-33)58(46-20-12-23-49-51(46)42-16-5-9-22-48(42)60-49)47-21-11-17-41-38-15-6-10-24-50(38)61-56(41)47/h3-32H,1-2H3. The molecular weight excluding hydrogens is 761 g/mol. The maximum Gasteiger partial charge on any atom is 0.137 e. The van der Waals surface area contributed by atoms with E-state index in [0.717, 1.165) is 39.0 Å². The molecule has 0 fully saturated rings. The summed E-state index contributed by atoms with van der Waals surface area (Å²) in [4.78, 5) is 2.45. The fourth-order valence-electron chi connectivity index (χ4n) is 11.1. The van der Waals surface area contributed by atoms with Gasteiger partial charge in [-0.25, -0.2) is 0 Å². The van der Waals surface area contributed by atoms with Gasteiger partial charge < -0.3 is 13.9 Å². The van der Waals surface area contributed by atoms with E-state index in [1.165, 1.54) is 92.2 Å². The number of anilines is 3. The summed E-state index contributed by atoms with van der Waals surface area (Å²) in [5, 5.41) is 7.40. The summed E-state index contributed by atoms with van der Waals surface area (Å²) >= 11 is 1.86. The van der Waals surface area contributed by atoms with Crippen LogP contribution in [0.25, 0.3) is 103 Å². The zero-order valence-electron chi connectivity index (χ0n) is 33.5. The lowest BCUT2D eigenvalue weighted by Gasteiger charge is -2.28. The molecule has 0 spiro atoms. The largest absolute Gasteiger partial charge is 0.456 e. The van der Waals surface area contributed by atoms with Gasteiger partial charge >= 0.3 is 0 Å². The Morgan fingerprint density at radius 3 is 2.11 bits per heavy atom. The molecular formula is C57H36N2OS. The second kappa shape index (κ2) is 11.9. The van der Waals surface area contributed by atoms with Crippen LogP contribution in [-0.2, 0) is 5.41 Å². The molecule has 3 aromatic heterocycles. The number of aromatic nitrogens is 1. The van der Waals surface area contributed by atoms with Gasteiger partial charge in [-0.2, -0.15) is 0 Å². The van der Waals surface area contributed by atoms with Gasteiger partial charge in [0.05, 0.1) is 38.2 Å². The molecule has 1 aliphatic heterocycles. The molecule has 0 saturated carbocycles. The van der Waals surface area contributed by atoms with Crippen LogP contribution < -0.4 is 4.90 Å². The van der Waals surface area contributed by atoms with E-state index in [9.17, 15) is 0 Å². The Hall–Kier alpha value is -7.40. The molecule has 14 rings (SSSR count). The highest BCUT2D eigenvalue weighted by Gasteiger charge is 2.42. The molecule has 0 atom stereocenters. The molecule has 0 N–H and O–H groups in total. The minimum absolute atomic E-state index is 0.225. The van der Waals surface area contributed by atoms with Crippen LogP contribution in [0.1, 0.15) is 25.0 Å². The molecule has 0 bridgehead atoms.